The van der Waals surface area contributed by atoms with Crippen LogP contribution in [0.5, 0.6) is 23.0 Å². The number of hydrogen-bond donors (Lipinski definition) is 0. The van der Waals surface area contributed by atoms with Crippen LogP contribution in [-0.4, -0.2) is 28.4 Å². The average molecular weight is 1390 g/mol. The number of halogens is 2. The molecule has 0 radical (unpaired) electrons. The van der Waals surface area contributed by atoms with Crippen molar-refractivity contribution in [1.29, 1.82) is 0 Å². The first-order chi connectivity index (χ1) is 38.6. The monoisotopic (exact) mass is 1380 g/mol. The smallest absolute Gasteiger partial charge is 1.00 e. The Hall–Kier alpha value is -3.65. The Morgan fingerprint density at radius 3 is 0.523 bits per heavy atom. The molecule has 4 nitrogen and oxygen atoms in total. The predicted octanol–water partition coefficient (Wildman–Crippen LogP) is 15.7. The van der Waals surface area contributed by atoms with Gasteiger partial charge in [-0.15, -0.1) is 48.6 Å². The molecule has 0 saturated carbocycles. The fourth-order valence-corrected chi connectivity index (χ4v) is 10.5. The molecule has 0 N–H and O–H groups in total. The number of ether oxygens (including phenoxy) is 4. The van der Waals surface area contributed by atoms with Gasteiger partial charge in [-0.05, 0) is 65.6 Å². The Morgan fingerprint density at radius 2 is 0.420 bits per heavy atom. The van der Waals surface area contributed by atoms with Crippen LogP contribution in [0.4, 0.5) is 0 Å². The van der Waals surface area contributed by atoms with Crippen molar-refractivity contribution in [2.45, 2.75) is 235 Å². The van der Waals surface area contributed by atoms with Crippen LogP contribution in [0.2, 0.25) is 0 Å². The number of methoxy groups -OCH3 is 4. The van der Waals surface area contributed by atoms with Crippen LogP contribution in [-0.2, 0) is 95.7 Å². The maximum Gasteiger partial charge on any atom is 2.00 e. The third kappa shape index (κ3) is 21.2. The first kappa shape index (κ1) is 82.4. The van der Waals surface area contributed by atoms with E-state index in [0.717, 1.165) is 71.0 Å². The van der Waals surface area contributed by atoms with E-state index in [1.54, 1.807) is 28.4 Å². The van der Waals surface area contributed by atoms with Crippen molar-refractivity contribution in [3.05, 3.63) is 188 Å². The standard InChI is InChI=1S/4C20H27O.2ClH.2Zr/c4*1-19(2,3)15-12-16(14-10-8-9-11-14)18(21-7)17(13-15)20(4,5)6;;;;/h4*8,10,12-13H,9H2,1-7H3;2*1H;;/q4*-1;;;2*+2/p-2. The van der Waals surface area contributed by atoms with Crippen LogP contribution in [0, 0.1) is 24.3 Å². The number of allylic oxidation sites excluding steroid dienone is 16. The molecule has 4 aliphatic carbocycles. The van der Waals surface area contributed by atoms with E-state index in [2.05, 4.69) is 288 Å². The quantitative estimate of drug-likeness (QED) is 0.165. The van der Waals surface area contributed by atoms with Crippen molar-refractivity contribution in [3.63, 3.8) is 0 Å². The summed E-state index contributed by atoms with van der Waals surface area (Å²) in [5.41, 5.74) is 20.4. The molecule has 0 amide bonds. The van der Waals surface area contributed by atoms with E-state index >= 15 is 0 Å². The second-order valence-electron chi connectivity index (χ2n) is 31.2. The molecule has 0 bridgehead atoms. The van der Waals surface area contributed by atoms with Gasteiger partial charge in [0, 0.05) is 0 Å². The summed E-state index contributed by atoms with van der Waals surface area (Å²) in [6.07, 6.45) is 34.5. The Morgan fingerprint density at radius 1 is 0.261 bits per heavy atom. The van der Waals surface area contributed by atoms with Gasteiger partial charge in [0.2, 0.25) is 0 Å². The summed E-state index contributed by atoms with van der Waals surface area (Å²) in [6, 6.07) is 18.3. The van der Waals surface area contributed by atoms with Gasteiger partial charge in [-0.25, -0.2) is 0 Å². The molecule has 8 rings (SSSR count). The van der Waals surface area contributed by atoms with Crippen molar-refractivity contribution in [3.8, 4) is 23.0 Å². The third-order valence-electron chi connectivity index (χ3n) is 15.8. The zero-order valence-corrected chi connectivity index (χ0v) is 65.9. The van der Waals surface area contributed by atoms with E-state index in [1.165, 1.54) is 66.8 Å². The van der Waals surface area contributed by atoms with Crippen molar-refractivity contribution in [1.82, 2.24) is 0 Å². The molecular weight excluding hydrogens is 1280 g/mol. The predicted molar refractivity (Wildman–Crippen MR) is 363 cm³/mol. The van der Waals surface area contributed by atoms with E-state index < -0.39 is 0 Å². The molecular formula is C80H108Cl2O4Zr2-2. The van der Waals surface area contributed by atoms with Crippen LogP contribution in [0.25, 0.3) is 22.3 Å². The van der Waals surface area contributed by atoms with E-state index in [9.17, 15) is 0 Å². The SMILES string of the molecule is COc1c(C2=[C-]CC=C2)cc(C(C)(C)C)cc1C(C)(C)C.COc1c(C2=[C-]CC=C2)cc(C(C)(C)C)cc1C(C)(C)C.COc1c(C2=[C-]CC=C2)cc(C(C)(C)C)cc1C(C)(C)C.COc1c(C2=[C-]CC=C2)cc(C(C)(C)C)cc1C(C)(C)C.[Cl-].[Cl-].[Zr+2].[Zr+2]. The normalized spacial score (nSPS) is 14.6. The van der Waals surface area contributed by atoms with Gasteiger partial charge in [0.25, 0.3) is 0 Å². The third-order valence-corrected chi connectivity index (χ3v) is 15.8. The van der Waals surface area contributed by atoms with Crippen LogP contribution >= 0.6 is 0 Å². The van der Waals surface area contributed by atoms with E-state index in [1.807, 2.05) is 0 Å². The second kappa shape index (κ2) is 32.3. The fraction of sp³-hybridized carbons (Fsp3) is 0.500. The summed E-state index contributed by atoms with van der Waals surface area (Å²) < 4.78 is 23.2. The first-order valence-electron chi connectivity index (χ1n) is 30.6. The minimum Gasteiger partial charge on any atom is -1.00 e. The molecule has 476 valence electrons. The van der Waals surface area contributed by atoms with Gasteiger partial charge in [0.05, 0.1) is 51.4 Å². The summed E-state index contributed by atoms with van der Waals surface area (Å²) in [5.74, 6) is 3.96. The Balaban J connectivity index is 0.000000578. The maximum atomic E-state index is 5.79. The van der Waals surface area contributed by atoms with Crippen LogP contribution < -0.4 is 43.8 Å². The van der Waals surface area contributed by atoms with Crippen LogP contribution in [0.3, 0.4) is 0 Å². The molecule has 4 aliphatic rings. The van der Waals surface area contributed by atoms with E-state index in [0.29, 0.717) is 0 Å². The molecule has 0 spiro atoms. The van der Waals surface area contributed by atoms with Gasteiger partial charge in [-0.1, -0.05) is 261 Å². The molecule has 4 aromatic rings. The van der Waals surface area contributed by atoms with Crippen molar-refractivity contribution < 1.29 is 96.2 Å². The summed E-state index contributed by atoms with van der Waals surface area (Å²) in [7, 11) is 7.07. The zero-order valence-electron chi connectivity index (χ0n) is 59.5. The van der Waals surface area contributed by atoms with Crippen molar-refractivity contribution in [2.75, 3.05) is 28.4 Å². The molecule has 0 atom stereocenters. The topological polar surface area (TPSA) is 36.9 Å². The number of hydrogen-bond acceptors (Lipinski definition) is 4. The molecule has 88 heavy (non-hydrogen) atoms. The van der Waals surface area contributed by atoms with Crippen LogP contribution in [0.1, 0.15) is 259 Å². The van der Waals surface area contributed by atoms with Gasteiger partial charge < -0.3 is 43.8 Å². The molecule has 0 aliphatic heterocycles. The van der Waals surface area contributed by atoms with E-state index in [4.69, 9.17) is 18.9 Å². The Labute approximate surface area is 588 Å². The first-order valence-corrected chi connectivity index (χ1v) is 30.6. The number of rotatable bonds is 8. The van der Waals surface area contributed by atoms with Gasteiger partial charge >= 0.3 is 52.4 Å². The zero-order chi connectivity index (χ0) is 63.3. The van der Waals surface area contributed by atoms with Crippen molar-refractivity contribution in [2.24, 2.45) is 0 Å². The molecule has 8 heteroatoms. The number of benzene rings is 4. The van der Waals surface area contributed by atoms with Crippen LogP contribution in [0.15, 0.2) is 97.1 Å². The van der Waals surface area contributed by atoms with Gasteiger partial charge in [0.1, 0.15) is 0 Å². The van der Waals surface area contributed by atoms with E-state index in [-0.39, 0.29) is 121 Å². The minimum atomic E-state index is 0. The van der Waals surface area contributed by atoms with Gasteiger partial charge in [0.15, 0.2) is 0 Å². The summed E-state index contributed by atoms with van der Waals surface area (Å²) in [5, 5.41) is 0. The largest absolute Gasteiger partial charge is 2.00 e. The minimum absolute atomic E-state index is 0. The molecule has 0 aromatic heterocycles. The van der Waals surface area contributed by atoms with Crippen molar-refractivity contribution >= 4 is 22.3 Å². The molecule has 4 aromatic carbocycles. The average Bonchev–Trinajstić information content (AvgIpc) is 2.25. The van der Waals surface area contributed by atoms with Gasteiger partial charge in [-0.2, -0.15) is 70.9 Å². The second-order valence-corrected chi connectivity index (χ2v) is 31.2. The summed E-state index contributed by atoms with van der Waals surface area (Å²) >= 11 is 0. The maximum absolute atomic E-state index is 5.79. The fourth-order valence-electron chi connectivity index (χ4n) is 10.5. The van der Waals surface area contributed by atoms with Gasteiger partial charge in [-0.3, -0.25) is 0 Å². The summed E-state index contributed by atoms with van der Waals surface area (Å²) in [6.45, 7) is 54.0. The summed E-state index contributed by atoms with van der Waals surface area (Å²) in [4.78, 5) is 0. The Kier molecular flexibility index (Phi) is 30.2. The Bertz CT molecular complexity index is 2820. The molecule has 0 heterocycles. The molecule has 0 unspecified atom stereocenters. The molecule has 0 fully saturated rings. The molecule has 0 saturated heterocycles.